The first-order valence-electron chi connectivity index (χ1n) is 14.1. The maximum absolute atomic E-state index is 12.9. The predicted molar refractivity (Wildman–Crippen MR) is 158 cm³/mol. The zero-order chi connectivity index (χ0) is 29.3. The number of pyridine rings is 2. The van der Waals surface area contributed by atoms with Gasteiger partial charge in [-0.05, 0) is 43.6 Å². The molecular weight excluding hydrogens is 536 g/mol. The number of nitrogens with one attached hydrogen (secondary N) is 2. The molecule has 4 aromatic rings. The Morgan fingerprint density at radius 3 is 2.57 bits per heavy atom. The number of hydrogen-bond acceptors (Lipinski definition) is 11. The minimum Gasteiger partial charge on any atom is -0.394 e. The van der Waals surface area contributed by atoms with Crippen molar-refractivity contribution in [2.75, 3.05) is 55.0 Å². The van der Waals surface area contributed by atoms with Crippen molar-refractivity contribution in [1.29, 1.82) is 0 Å². The third-order valence-corrected chi connectivity index (χ3v) is 7.76. The molecule has 218 valence electrons. The van der Waals surface area contributed by atoms with E-state index in [0.717, 1.165) is 11.3 Å². The zero-order valence-electron chi connectivity index (χ0n) is 23.9. The van der Waals surface area contributed by atoms with Crippen LogP contribution in [0.4, 0.5) is 23.3 Å². The number of fused-ring (bicyclic) bond motifs is 1. The number of morpholine rings is 1. The Balaban J connectivity index is 1.33. The highest BCUT2D eigenvalue weighted by atomic mass is 16.5. The van der Waals surface area contributed by atoms with E-state index >= 15 is 0 Å². The first-order chi connectivity index (χ1) is 20.4. The monoisotopic (exact) mass is 570 g/mol. The Bertz CT molecular complexity index is 1570. The quantitative estimate of drug-likeness (QED) is 0.269. The number of nitrogens with zero attached hydrogens (tertiary/aromatic N) is 6. The highest BCUT2D eigenvalue weighted by Gasteiger charge is 2.43. The summed E-state index contributed by atoms with van der Waals surface area (Å²) >= 11 is 0. The maximum Gasteiger partial charge on any atom is 0.266 e. The molecule has 0 spiro atoms. The van der Waals surface area contributed by atoms with Crippen LogP contribution in [0.1, 0.15) is 48.4 Å². The van der Waals surface area contributed by atoms with Gasteiger partial charge in [-0.3, -0.25) is 4.79 Å². The van der Waals surface area contributed by atoms with Crippen LogP contribution in [-0.4, -0.2) is 75.5 Å². The smallest absolute Gasteiger partial charge is 0.266 e. The van der Waals surface area contributed by atoms with Gasteiger partial charge in [0, 0.05) is 31.9 Å². The normalized spacial score (nSPS) is 16.8. The SMILES string of the molecule is CCN1C(=O)c2ccc(Nc3cc(N[C@H](CO)c4ccccc4)c(-c4nc(N5CCOCC5)no4)cn3)nc2C1(C)C. The molecule has 1 amide bonds. The number of ether oxygens (including phenoxy) is 1. The molecule has 1 fully saturated rings. The second-order valence-electron chi connectivity index (χ2n) is 10.7. The van der Waals surface area contributed by atoms with E-state index < -0.39 is 11.6 Å². The van der Waals surface area contributed by atoms with E-state index in [0.29, 0.717) is 73.1 Å². The summed E-state index contributed by atoms with van der Waals surface area (Å²) in [6, 6.07) is 14.7. The number of benzene rings is 1. The fourth-order valence-corrected chi connectivity index (χ4v) is 5.50. The second kappa shape index (κ2) is 11.4. The van der Waals surface area contributed by atoms with Gasteiger partial charge in [-0.15, -0.1) is 0 Å². The van der Waals surface area contributed by atoms with Gasteiger partial charge in [0.05, 0.1) is 53.9 Å². The number of aliphatic hydroxyl groups is 1. The molecule has 0 saturated carbocycles. The van der Waals surface area contributed by atoms with Gasteiger partial charge in [-0.25, -0.2) is 9.97 Å². The van der Waals surface area contributed by atoms with Crippen molar-refractivity contribution < 1.29 is 19.2 Å². The summed E-state index contributed by atoms with van der Waals surface area (Å²) < 4.78 is 11.1. The molecule has 1 saturated heterocycles. The average molecular weight is 571 g/mol. The lowest BCUT2D eigenvalue weighted by Crippen LogP contribution is -2.39. The van der Waals surface area contributed by atoms with Crippen molar-refractivity contribution in [2.45, 2.75) is 32.4 Å². The van der Waals surface area contributed by atoms with Gasteiger partial charge in [0.1, 0.15) is 11.6 Å². The highest BCUT2D eigenvalue weighted by molar-refractivity contribution is 5.99. The van der Waals surface area contributed by atoms with Crippen LogP contribution in [0, 0.1) is 0 Å². The average Bonchev–Trinajstić information content (AvgIpc) is 3.57. The van der Waals surface area contributed by atoms with E-state index in [4.69, 9.17) is 14.2 Å². The molecule has 5 heterocycles. The zero-order valence-corrected chi connectivity index (χ0v) is 23.9. The summed E-state index contributed by atoms with van der Waals surface area (Å²) in [5.41, 5.74) is 2.96. The number of aromatic nitrogens is 4. The van der Waals surface area contributed by atoms with Crippen molar-refractivity contribution in [3.8, 4) is 11.5 Å². The fourth-order valence-electron chi connectivity index (χ4n) is 5.50. The first kappa shape index (κ1) is 27.6. The molecule has 6 rings (SSSR count). The molecule has 1 atom stereocenters. The molecular formula is C30H34N8O4. The number of aliphatic hydroxyl groups excluding tert-OH is 1. The Morgan fingerprint density at radius 1 is 1.05 bits per heavy atom. The molecule has 12 nitrogen and oxygen atoms in total. The highest BCUT2D eigenvalue weighted by Crippen LogP contribution is 2.38. The van der Waals surface area contributed by atoms with Crippen molar-refractivity contribution in [1.82, 2.24) is 25.0 Å². The first-order valence-corrected chi connectivity index (χ1v) is 14.1. The summed E-state index contributed by atoms with van der Waals surface area (Å²) in [5, 5.41) is 21.2. The van der Waals surface area contributed by atoms with Crippen molar-refractivity contribution >= 4 is 29.2 Å². The Hall–Kier alpha value is -4.55. The number of carbonyl (C=O) groups is 1. The largest absolute Gasteiger partial charge is 0.394 e. The van der Waals surface area contributed by atoms with Gasteiger partial charge in [0.15, 0.2) is 0 Å². The Labute approximate surface area is 243 Å². The van der Waals surface area contributed by atoms with Gasteiger partial charge in [-0.1, -0.05) is 30.3 Å². The summed E-state index contributed by atoms with van der Waals surface area (Å²) in [7, 11) is 0. The van der Waals surface area contributed by atoms with Crippen LogP contribution in [0.15, 0.2) is 59.3 Å². The molecule has 3 aromatic heterocycles. The van der Waals surface area contributed by atoms with Crippen LogP contribution in [0.2, 0.25) is 0 Å². The van der Waals surface area contributed by atoms with Crippen molar-refractivity contribution in [3.63, 3.8) is 0 Å². The summed E-state index contributed by atoms with van der Waals surface area (Å²) in [6.07, 6.45) is 1.65. The van der Waals surface area contributed by atoms with Gasteiger partial charge in [-0.2, -0.15) is 4.98 Å². The third kappa shape index (κ3) is 5.14. The lowest BCUT2D eigenvalue weighted by Gasteiger charge is -2.30. The van der Waals surface area contributed by atoms with Crippen LogP contribution in [0.5, 0.6) is 0 Å². The summed E-state index contributed by atoms with van der Waals surface area (Å²) in [5.74, 6) is 1.86. The lowest BCUT2D eigenvalue weighted by molar-refractivity contribution is 0.0631. The van der Waals surface area contributed by atoms with E-state index in [1.807, 2.05) is 67.0 Å². The van der Waals surface area contributed by atoms with Gasteiger partial charge in [0.25, 0.3) is 17.7 Å². The van der Waals surface area contributed by atoms with Gasteiger partial charge < -0.3 is 34.8 Å². The number of anilines is 4. The predicted octanol–water partition coefficient (Wildman–Crippen LogP) is 3.96. The minimum atomic E-state index is -0.525. The fraction of sp³-hybridized carbons (Fsp3) is 0.367. The molecule has 0 aliphatic carbocycles. The molecule has 2 aliphatic heterocycles. The number of rotatable bonds is 9. The summed E-state index contributed by atoms with van der Waals surface area (Å²) in [4.78, 5) is 30.8. The van der Waals surface area contributed by atoms with Crippen LogP contribution >= 0.6 is 0 Å². The molecule has 0 radical (unpaired) electrons. The number of hydrogen-bond donors (Lipinski definition) is 3. The molecule has 2 aliphatic rings. The van der Waals surface area contributed by atoms with E-state index in [9.17, 15) is 9.90 Å². The van der Waals surface area contributed by atoms with Crippen LogP contribution < -0.4 is 15.5 Å². The third-order valence-electron chi connectivity index (χ3n) is 7.76. The van der Waals surface area contributed by atoms with E-state index in [-0.39, 0.29) is 12.5 Å². The molecule has 0 bridgehead atoms. The molecule has 1 aromatic carbocycles. The molecule has 42 heavy (non-hydrogen) atoms. The summed E-state index contributed by atoms with van der Waals surface area (Å²) in [6.45, 7) is 8.99. The Morgan fingerprint density at radius 2 is 1.83 bits per heavy atom. The number of carbonyl (C=O) groups excluding carboxylic acids is 1. The van der Waals surface area contributed by atoms with Crippen LogP contribution in [0.25, 0.3) is 11.5 Å². The van der Waals surface area contributed by atoms with Crippen molar-refractivity contribution in [2.24, 2.45) is 0 Å². The van der Waals surface area contributed by atoms with E-state index in [1.54, 1.807) is 18.3 Å². The molecule has 3 N–H and O–H groups in total. The van der Waals surface area contributed by atoms with Crippen LogP contribution in [-0.2, 0) is 10.3 Å². The minimum absolute atomic E-state index is 0.0162. The Kier molecular flexibility index (Phi) is 7.48. The standard InChI is InChI=1S/C30H34N8O4/c1-4-38-28(40)20-10-11-24(34-26(20)30(38,2)3)33-25-16-22(32-23(18-39)19-8-6-5-7-9-19)21(17-31-25)27-35-29(36-42-27)37-12-14-41-15-13-37/h5-11,16-17,23,39H,4,12-15,18H2,1-3H3,(H2,31,32,33,34)/t23-/m1/s1. The van der Waals surface area contributed by atoms with E-state index in [1.165, 1.54) is 0 Å². The molecule has 12 heteroatoms. The van der Waals surface area contributed by atoms with E-state index in [2.05, 4.69) is 25.8 Å². The topological polar surface area (TPSA) is 142 Å². The van der Waals surface area contributed by atoms with Crippen LogP contribution in [0.3, 0.4) is 0 Å². The second-order valence-corrected chi connectivity index (χ2v) is 10.7. The number of amides is 1. The lowest BCUT2D eigenvalue weighted by atomic mass is 9.99. The van der Waals surface area contributed by atoms with Gasteiger partial charge in [0.2, 0.25) is 0 Å². The molecule has 0 unspecified atom stereocenters. The van der Waals surface area contributed by atoms with Crippen molar-refractivity contribution in [3.05, 3.63) is 71.5 Å². The maximum atomic E-state index is 12.9. The van der Waals surface area contributed by atoms with Gasteiger partial charge >= 0.3 is 0 Å².